The molecule has 25 heavy (non-hydrogen) atoms. The van der Waals surface area contributed by atoms with Gasteiger partial charge < -0.3 is 19.9 Å². The molecule has 0 radical (unpaired) electrons. The van der Waals surface area contributed by atoms with Crippen LogP contribution >= 0.6 is 23.2 Å². The first-order valence-corrected chi connectivity index (χ1v) is 8.09. The molecule has 0 bridgehead atoms. The summed E-state index contributed by atoms with van der Waals surface area (Å²) in [5, 5.41) is 10.1. The second-order valence-electron chi connectivity index (χ2n) is 5.12. The quantitative estimate of drug-likeness (QED) is 0.798. The van der Waals surface area contributed by atoms with Crippen molar-refractivity contribution in [2.24, 2.45) is 5.73 Å². The van der Waals surface area contributed by atoms with Gasteiger partial charge >= 0.3 is 5.97 Å². The Morgan fingerprint density at radius 3 is 2.68 bits per heavy atom. The molecule has 1 aliphatic rings. The molecule has 1 aromatic rings. The average Bonchev–Trinajstić information content (AvgIpc) is 2.53. The van der Waals surface area contributed by atoms with E-state index in [0.29, 0.717) is 16.3 Å². The van der Waals surface area contributed by atoms with E-state index in [1.807, 2.05) is 6.07 Å². The van der Waals surface area contributed by atoms with Crippen molar-refractivity contribution >= 4 is 29.2 Å². The summed E-state index contributed by atoms with van der Waals surface area (Å²) in [5.41, 5.74) is 6.41. The van der Waals surface area contributed by atoms with E-state index in [4.69, 9.17) is 43.1 Å². The molecule has 0 amide bonds. The zero-order valence-electron chi connectivity index (χ0n) is 13.9. The minimum absolute atomic E-state index is 0.0381. The lowest BCUT2D eigenvalue weighted by atomic mass is 9.82. The van der Waals surface area contributed by atoms with Crippen molar-refractivity contribution in [2.75, 3.05) is 13.7 Å². The molecule has 1 atom stereocenters. The van der Waals surface area contributed by atoms with Gasteiger partial charge in [-0.2, -0.15) is 5.26 Å². The van der Waals surface area contributed by atoms with Crippen LogP contribution in [0.15, 0.2) is 34.9 Å². The molecule has 2 N–H and O–H groups in total. The maximum absolute atomic E-state index is 12.5. The molecule has 1 unspecified atom stereocenters. The Morgan fingerprint density at radius 2 is 2.12 bits per heavy atom. The van der Waals surface area contributed by atoms with Crippen molar-refractivity contribution in [3.05, 3.63) is 50.5 Å². The van der Waals surface area contributed by atoms with E-state index < -0.39 is 11.9 Å². The van der Waals surface area contributed by atoms with Crippen LogP contribution in [0.4, 0.5) is 0 Å². The van der Waals surface area contributed by atoms with Crippen molar-refractivity contribution in [2.45, 2.75) is 19.8 Å². The number of nitrogens with zero attached hydrogens (tertiary/aromatic N) is 1. The second kappa shape index (κ2) is 7.68. The van der Waals surface area contributed by atoms with E-state index in [0.717, 1.165) is 0 Å². The summed E-state index contributed by atoms with van der Waals surface area (Å²) in [6, 6.07) is 5.03. The average molecular weight is 383 g/mol. The number of allylic oxidation sites excluding steroid dienone is 2. The SMILES string of the molecule is CCOC(=O)C1=C(C)OC(N)=C(C#N)C1c1c(Cl)cc(Cl)cc1OC. The predicted octanol–water partition coefficient (Wildman–Crippen LogP) is 3.65. The number of rotatable bonds is 4. The van der Waals surface area contributed by atoms with E-state index in [1.54, 1.807) is 19.9 Å². The molecule has 0 saturated heterocycles. The highest BCUT2D eigenvalue weighted by Gasteiger charge is 2.39. The normalized spacial score (nSPS) is 17.0. The number of nitrogens with two attached hydrogens (primary N) is 1. The maximum atomic E-state index is 12.5. The number of hydrogen-bond acceptors (Lipinski definition) is 6. The molecule has 0 fully saturated rings. The lowest BCUT2D eigenvalue weighted by molar-refractivity contribution is -0.139. The standard InChI is InChI=1S/C17H16Cl2N2O4/c1-4-24-17(22)13-8(2)25-16(21)10(7-20)14(13)15-11(19)5-9(18)6-12(15)23-3/h5-6,14H,4,21H2,1-3H3. The van der Waals surface area contributed by atoms with E-state index in [9.17, 15) is 10.1 Å². The Labute approximate surface area is 155 Å². The van der Waals surface area contributed by atoms with Gasteiger partial charge in [0.05, 0.1) is 25.2 Å². The van der Waals surface area contributed by atoms with Gasteiger partial charge in [0.25, 0.3) is 0 Å². The molecule has 8 heteroatoms. The fourth-order valence-electron chi connectivity index (χ4n) is 2.65. The van der Waals surface area contributed by atoms with Gasteiger partial charge in [-0.25, -0.2) is 4.79 Å². The van der Waals surface area contributed by atoms with Crippen LogP contribution in [0, 0.1) is 11.3 Å². The predicted molar refractivity (Wildman–Crippen MR) is 93.0 cm³/mol. The molecule has 2 rings (SSSR count). The van der Waals surface area contributed by atoms with Crippen LogP contribution in [0.1, 0.15) is 25.3 Å². The number of hydrogen-bond donors (Lipinski definition) is 1. The number of benzene rings is 1. The van der Waals surface area contributed by atoms with E-state index in [-0.39, 0.29) is 34.4 Å². The highest BCUT2D eigenvalue weighted by Crippen LogP contribution is 2.46. The highest BCUT2D eigenvalue weighted by atomic mass is 35.5. The van der Waals surface area contributed by atoms with E-state index in [2.05, 4.69) is 0 Å². The van der Waals surface area contributed by atoms with E-state index >= 15 is 0 Å². The Morgan fingerprint density at radius 1 is 1.44 bits per heavy atom. The summed E-state index contributed by atoms with van der Waals surface area (Å²) in [6.45, 7) is 3.41. The molecule has 0 aromatic heterocycles. The van der Waals surface area contributed by atoms with Crippen LogP contribution < -0.4 is 10.5 Å². The minimum atomic E-state index is -0.891. The number of carbonyl (C=O) groups excluding carboxylic acids is 1. The highest BCUT2D eigenvalue weighted by molar-refractivity contribution is 6.35. The summed E-state index contributed by atoms with van der Waals surface area (Å²) in [5.74, 6) is -1.07. The Kier molecular flexibility index (Phi) is 5.83. The Balaban J connectivity index is 2.78. The number of nitriles is 1. The van der Waals surface area contributed by atoms with Crippen molar-refractivity contribution in [1.29, 1.82) is 5.26 Å². The van der Waals surface area contributed by atoms with Crippen LogP contribution in [-0.2, 0) is 14.3 Å². The smallest absolute Gasteiger partial charge is 0.338 e. The fourth-order valence-corrected chi connectivity index (χ4v) is 3.24. The van der Waals surface area contributed by atoms with Crippen molar-refractivity contribution in [3.8, 4) is 11.8 Å². The number of halogens is 2. The van der Waals surface area contributed by atoms with Crippen LogP contribution in [0.5, 0.6) is 5.75 Å². The third-order valence-electron chi connectivity index (χ3n) is 3.67. The van der Waals surface area contributed by atoms with Crippen LogP contribution in [0.2, 0.25) is 10.0 Å². The number of carbonyl (C=O) groups is 1. The first kappa shape index (κ1) is 19.0. The monoisotopic (exact) mass is 382 g/mol. The molecule has 0 aliphatic carbocycles. The molecule has 6 nitrogen and oxygen atoms in total. The molecule has 1 aromatic carbocycles. The zero-order chi connectivity index (χ0) is 18.7. The number of methoxy groups -OCH3 is 1. The molecule has 1 heterocycles. The van der Waals surface area contributed by atoms with Gasteiger partial charge in [0, 0.05) is 15.6 Å². The van der Waals surface area contributed by atoms with Crippen molar-refractivity contribution in [1.82, 2.24) is 0 Å². The summed E-state index contributed by atoms with van der Waals surface area (Å²) in [7, 11) is 1.44. The second-order valence-corrected chi connectivity index (χ2v) is 5.96. The topological polar surface area (TPSA) is 94.6 Å². The van der Waals surface area contributed by atoms with Crippen LogP contribution in [0.3, 0.4) is 0 Å². The molecular weight excluding hydrogens is 367 g/mol. The third-order valence-corrected chi connectivity index (χ3v) is 4.20. The summed E-state index contributed by atoms with van der Waals surface area (Å²) >= 11 is 12.4. The summed E-state index contributed by atoms with van der Waals surface area (Å²) in [6.07, 6.45) is 0. The van der Waals surface area contributed by atoms with E-state index in [1.165, 1.54) is 13.2 Å². The Bertz CT molecular complexity index is 825. The van der Waals surface area contributed by atoms with Gasteiger partial charge in [-0.15, -0.1) is 0 Å². The summed E-state index contributed by atoms with van der Waals surface area (Å²) < 4.78 is 15.8. The van der Waals surface area contributed by atoms with Gasteiger partial charge in [-0.05, 0) is 26.0 Å². The molecule has 1 aliphatic heterocycles. The zero-order valence-corrected chi connectivity index (χ0v) is 15.4. The number of esters is 1. The van der Waals surface area contributed by atoms with Gasteiger partial charge in [0.1, 0.15) is 23.2 Å². The van der Waals surface area contributed by atoms with Crippen molar-refractivity contribution < 1.29 is 19.0 Å². The first-order valence-electron chi connectivity index (χ1n) is 7.34. The number of ether oxygens (including phenoxy) is 3. The maximum Gasteiger partial charge on any atom is 0.338 e. The van der Waals surface area contributed by atoms with Gasteiger partial charge in [0.15, 0.2) is 0 Å². The van der Waals surface area contributed by atoms with Gasteiger partial charge in [-0.1, -0.05) is 23.2 Å². The lowest BCUT2D eigenvalue weighted by Gasteiger charge is -2.28. The van der Waals surface area contributed by atoms with Gasteiger partial charge in [0.2, 0.25) is 5.88 Å². The largest absolute Gasteiger partial charge is 0.496 e. The van der Waals surface area contributed by atoms with Gasteiger partial charge in [-0.3, -0.25) is 0 Å². The van der Waals surface area contributed by atoms with Crippen molar-refractivity contribution in [3.63, 3.8) is 0 Å². The molecule has 0 saturated carbocycles. The first-order chi connectivity index (χ1) is 11.8. The Hall–Kier alpha value is -2.36. The lowest BCUT2D eigenvalue weighted by Crippen LogP contribution is -2.26. The summed E-state index contributed by atoms with van der Waals surface area (Å²) in [4.78, 5) is 12.5. The minimum Gasteiger partial charge on any atom is -0.496 e. The van der Waals surface area contributed by atoms with Crippen LogP contribution in [0.25, 0.3) is 0 Å². The molecule has 132 valence electrons. The van der Waals surface area contributed by atoms with Crippen LogP contribution in [-0.4, -0.2) is 19.7 Å². The fraction of sp³-hybridized carbons (Fsp3) is 0.294. The molecular formula is C17H16Cl2N2O4. The molecule has 0 spiro atoms. The third kappa shape index (κ3) is 3.53.